The molecule has 0 saturated heterocycles. The summed E-state index contributed by atoms with van der Waals surface area (Å²) in [5.74, 6) is -1.57. The molecule has 0 aliphatic heterocycles. The highest BCUT2D eigenvalue weighted by Crippen LogP contribution is 2.21. The molecule has 0 radical (unpaired) electrons. The predicted octanol–water partition coefficient (Wildman–Crippen LogP) is 1.21. The molecule has 0 atom stereocenters. The number of carboxylic acids is 1. The summed E-state index contributed by atoms with van der Waals surface area (Å²) in [6.45, 7) is 0. The average Bonchev–Trinajstić information content (AvgIpc) is 2.16. The van der Waals surface area contributed by atoms with Gasteiger partial charge in [0.05, 0.1) is 11.1 Å². The van der Waals surface area contributed by atoms with Gasteiger partial charge in [0, 0.05) is 4.90 Å². The smallest absolute Gasteiger partial charge is 0.335 e. The van der Waals surface area contributed by atoms with Crippen LogP contribution in [0, 0.1) is 0 Å². The molecular weight excluding hydrogens is 202 g/mol. The Hall–Kier alpha value is -1.49. The SMILES string of the molecule is CSc1cc(C(=O)O)ccc1C(N)=O. The van der Waals surface area contributed by atoms with Crippen molar-refractivity contribution in [2.75, 3.05) is 6.26 Å². The van der Waals surface area contributed by atoms with Crippen LogP contribution in [0.15, 0.2) is 23.1 Å². The van der Waals surface area contributed by atoms with Gasteiger partial charge < -0.3 is 10.8 Å². The largest absolute Gasteiger partial charge is 0.478 e. The zero-order valence-corrected chi connectivity index (χ0v) is 8.30. The second-order valence-corrected chi connectivity index (χ2v) is 3.43. The van der Waals surface area contributed by atoms with Crippen molar-refractivity contribution in [2.24, 2.45) is 5.73 Å². The number of carbonyl (C=O) groups excluding carboxylic acids is 1. The molecule has 1 rings (SSSR count). The Bertz CT molecular complexity index is 390. The third-order valence-corrected chi connectivity index (χ3v) is 2.49. The van der Waals surface area contributed by atoms with E-state index in [0.29, 0.717) is 10.5 Å². The van der Waals surface area contributed by atoms with E-state index in [1.807, 2.05) is 0 Å². The minimum absolute atomic E-state index is 0.152. The highest BCUT2D eigenvalue weighted by Gasteiger charge is 2.10. The van der Waals surface area contributed by atoms with Crippen molar-refractivity contribution in [3.8, 4) is 0 Å². The fourth-order valence-corrected chi connectivity index (χ4v) is 1.66. The van der Waals surface area contributed by atoms with Crippen molar-refractivity contribution in [1.29, 1.82) is 0 Å². The van der Waals surface area contributed by atoms with Gasteiger partial charge >= 0.3 is 5.97 Å². The minimum Gasteiger partial charge on any atom is -0.478 e. The van der Waals surface area contributed by atoms with Gasteiger partial charge in [0.15, 0.2) is 0 Å². The van der Waals surface area contributed by atoms with Gasteiger partial charge in [-0.2, -0.15) is 0 Å². The van der Waals surface area contributed by atoms with E-state index in [-0.39, 0.29) is 5.56 Å². The summed E-state index contributed by atoms with van der Waals surface area (Å²) in [5, 5.41) is 8.71. The zero-order chi connectivity index (χ0) is 10.7. The lowest BCUT2D eigenvalue weighted by molar-refractivity contribution is 0.0696. The summed E-state index contributed by atoms with van der Waals surface area (Å²) in [6, 6.07) is 4.23. The first-order valence-corrected chi connectivity index (χ1v) is 5.00. The molecular formula is C9H9NO3S. The molecule has 0 bridgehead atoms. The highest BCUT2D eigenvalue weighted by molar-refractivity contribution is 7.98. The topological polar surface area (TPSA) is 80.4 Å². The lowest BCUT2D eigenvalue weighted by Crippen LogP contribution is -2.12. The number of hydrogen-bond acceptors (Lipinski definition) is 3. The van der Waals surface area contributed by atoms with Gasteiger partial charge in [-0.05, 0) is 24.5 Å². The van der Waals surface area contributed by atoms with Crippen molar-refractivity contribution in [3.63, 3.8) is 0 Å². The molecule has 3 N–H and O–H groups in total. The first-order valence-electron chi connectivity index (χ1n) is 3.77. The van der Waals surface area contributed by atoms with Gasteiger partial charge in [-0.15, -0.1) is 11.8 Å². The lowest BCUT2D eigenvalue weighted by atomic mass is 10.1. The third-order valence-electron chi connectivity index (χ3n) is 1.71. The number of carboxylic acid groups (broad SMARTS) is 1. The van der Waals surface area contributed by atoms with Crippen LogP contribution in [0.3, 0.4) is 0 Å². The van der Waals surface area contributed by atoms with Crippen molar-refractivity contribution >= 4 is 23.6 Å². The number of primary amides is 1. The van der Waals surface area contributed by atoms with Gasteiger partial charge in [0.25, 0.3) is 0 Å². The van der Waals surface area contributed by atoms with Crippen molar-refractivity contribution in [3.05, 3.63) is 29.3 Å². The Labute approximate surface area is 85.1 Å². The van der Waals surface area contributed by atoms with E-state index in [2.05, 4.69) is 0 Å². The molecule has 4 nitrogen and oxygen atoms in total. The van der Waals surface area contributed by atoms with E-state index >= 15 is 0 Å². The van der Waals surface area contributed by atoms with E-state index in [1.165, 1.54) is 30.0 Å². The van der Waals surface area contributed by atoms with Crippen LogP contribution in [-0.4, -0.2) is 23.2 Å². The molecule has 0 heterocycles. The van der Waals surface area contributed by atoms with E-state index in [4.69, 9.17) is 10.8 Å². The third kappa shape index (κ3) is 2.05. The summed E-state index contributed by atoms with van der Waals surface area (Å²) in [6.07, 6.45) is 1.76. The summed E-state index contributed by atoms with van der Waals surface area (Å²) >= 11 is 1.29. The normalized spacial score (nSPS) is 9.79. The predicted molar refractivity (Wildman–Crippen MR) is 53.7 cm³/mol. The van der Waals surface area contributed by atoms with Gasteiger partial charge in [-0.1, -0.05) is 0 Å². The number of carbonyl (C=O) groups is 2. The van der Waals surface area contributed by atoms with Gasteiger partial charge in [0.1, 0.15) is 0 Å². The number of thioether (sulfide) groups is 1. The maximum absolute atomic E-state index is 10.9. The van der Waals surface area contributed by atoms with E-state index in [9.17, 15) is 9.59 Å². The van der Waals surface area contributed by atoms with Gasteiger partial charge in [0.2, 0.25) is 5.91 Å². The van der Waals surface area contributed by atoms with E-state index in [0.717, 1.165) is 0 Å². The van der Waals surface area contributed by atoms with Crippen molar-refractivity contribution in [1.82, 2.24) is 0 Å². The van der Waals surface area contributed by atoms with Crippen LogP contribution in [0.1, 0.15) is 20.7 Å². The lowest BCUT2D eigenvalue weighted by Gasteiger charge is -2.04. The molecule has 0 aromatic heterocycles. The molecule has 1 amide bonds. The van der Waals surface area contributed by atoms with Crippen LogP contribution in [0.25, 0.3) is 0 Å². The zero-order valence-electron chi connectivity index (χ0n) is 7.48. The monoisotopic (exact) mass is 211 g/mol. The molecule has 0 spiro atoms. The maximum Gasteiger partial charge on any atom is 0.335 e. The molecule has 0 fully saturated rings. The fourth-order valence-electron chi connectivity index (χ4n) is 1.03. The summed E-state index contributed by atoms with van der Waals surface area (Å²) < 4.78 is 0. The minimum atomic E-state index is -1.02. The fraction of sp³-hybridized carbons (Fsp3) is 0.111. The Morgan fingerprint density at radius 2 is 2.07 bits per heavy atom. The average molecular weight is 211 g/mol. The van der Waals surface area contributed by atoms with Crippen LogP contribution < -0.4 is 5.73 Å². The van der Waals surface area contributed by atoms with Crippen LogP contribution >= 0.6 is 11.8 Å². The van der Waals surface area contributed by atoms with Crippen molar-refractivity contribution < 1.29 is 14.7 Å². The molecule has 1 aromatic carbocycles. The number of hydrogen-bond donors (Lipinski definition) is 2. The molecule has 14 heavy (non-hydrogen) atoms. The summed E-state index contributed by atoms with van der Waals surface area (Å²) in [4.78, 5) is 22.1. The summed E-state index contributed by atoms with van der Waals surface area (Å²) in [5.41, 5.74) is 5.62. The first kappa shape index (κ1) is 10.6. The van der Waals surface area contributed by atoms with Crippen LogP contribution in [0.2, 0.25) is 0 Å². The highest BCUT2D eigenvalue weighted by atomic mass is 32.2. The Morgan fingerprint density at radius 1 is 1.43 bits per heavy atom. The second-order valence-electron chi connectivity index (χ2n) is 2.58. The summed E-state index contributed by atoms with van der Waals surface area (Å²) in [7, 11) is 0. The van der Waals surface area contributed by atoms with E-state index in [1.54, 1.807) is 6.26 Å². The number of amides is 1. The molecule has 0 aliphatic carbocycles. The van der Waals surface area contributed by atoms with E-state index < -0.39 is 11.9 Å². The van der Waals surface area contributed by atoms with Crippen LogP contribution in [0.4, 0.5) is 0 Å². The molecule has 5 heteroatoms. The maximum atomic E-state index is 10.9. The Balaban J connectivity index is 3.25. The number of rotatable bonds is 3. The number of benzene rings is 1. The number of aromatic carboxylic acids is 1. The standard InChI is InChI=1S/C9H9NO3S/c1-14-7-4-5(9(12)13)2-3-6(7)8(10)11/h2-4H,1H3,(H2,10,11)(H,12,13). The molecule has 74 valence electrons. The number of nitrogens with two attached hydrogens (primary N) is 1. The van der Waals surface area contributed by atoms with Crippen molar-refractivity contribution in [2.45, 2.75) is 4.90 Å². The quantitative estimate of drug-likeness (QED) is 0.736. The Kier molecular flexibility index (Phi) is 3.14. The molecule has 1 aromatic rings. The van der Waals surface area contributed by atoms with Crippen LogP contribution in [-0.2, 0) is 0 Å². The Morgan fingerprint density at radius 3 is 2.50 bits per heavy atom. The van der Waals surface area contributed by atoms with Crippen LogP contribution in [0.5, 0.6) is 0 Å². The van der Waals surface area contributed by atoms with Gasteiger partial charge in [-0.3, -0.25) is 4.79 Å². The molecule has 0 saturated carbocycles. The first-order chi connectivity index (χ1) is 6.56. The molecule has 0 aliphatic rings. The molecule has 0 unspecified atom stereocenters. The van der Waals surface area contributed by atoms with Gasteiger partial charge in [-0.25, -0.2) is 4.79 Å². The second kappa shape index (κ2) is 4.15.